The topological polar surface area (TPSA) is 74.6 Å². The van der Waals surface area contributed by atoms with Gasteiger partial charge in [0, 0.05) is 0 Å². The highest BCUT2D eigenvalue weighted by atomic mass is 16.4. The molecule has 4 nitrogen and oxygen atoms in total. The molecule has 1 rings (SSSR count). The SMILES string of the molecule is CCc1ccc(C(=O)O)c(C(=O)O)c1C(C)C. The molecule has 0 bridgehead atoms. The van der Waals surface area contributed by atoms with Gasteiger partial charge in [-0.15, -0.1) is 0 Å². The zero-order chi connectivity index (χ0) is 13.2. The van der Waals surface area contributed by atoms with E-state index in [1.165, 1.54) is 6.07 Å². The normalized spacial score (nSPS) is 10.6. The van der Waals surface area contributed by atoms with Crippen LogP contribution < -0.4 is 0 Å². The average Bonchev–Trinajstić information content (AvgIpc) is 2.26. The zero-order valence-electron chi connectivity index (χ0n) is 10.2. The molecule has 0 aliphatic rings. The van der Waals surface area contributed by atoms with Crippen molar-refractivity contribution < 1.29 is 19.8 Å². The lowest BCUT2D eigenvalue weighted by Gasteiger charge is -2.16. The highest BCUT2D eigenvalue weighted by Crippen LogP contribution is 2.27. The van der Waals surface area contributed by atoms with Gasteiger partial charge in [-0.2, -0.15) is 0 Å². The van der Waals surface area contributed by atoms with Crippen molar-refractivity contribution in [2.75, 3.05) is 0 Å². The molecule has 1 aromatic rings. The summed E-state index contributed by atoms with van der Waals surface area (Å²) in [5.74, 6) is -2.40. The Morgan fingerprint density at radius 2 is 1.76 bits per heavy atom. The Labute approximate surface area is 99.9 Å². The molecule has 0 aliphatic heterocycles. The average molecular weight is 236 g/mol. The molecular formula is C13H16O4. The third-order valence-electron chi connectivity index (χ3n) is 2.74. The summed E-state index contributed by atoms with van der Waals surface area (Å²) >= 11 is 0. The second-order valence-electron chi connectivity index (χ2n) is 4.18. The minimum atomic E-state index is -1.20. The molecular weight excluding hydrogens is 220 g/mol. The van der Waals surface area contributed by atoms with Gasteiger partial charge in [0.15, 0.2) is 0 Å². The van der Waals surface area contributed by atoms with Gasteiger partial charge >= 0.3 is 11.9 Å². The summed E-state index contributed by atoms with van der Waals surface area (Å²) in [6.07, 6.45) is 0.688. The Bertz CT molecular complexity index is 461. The van der Waals surface area contributed by atoms with E-state index in [-0.39, 0.29) is 17.0 Å². The van der Waals surface area contributed by atoms with Crippen LogP contribution in [-0.4, -0.2) is 22.2 Å². The van der Waals surface area contributed by atoms with E-state index in [9.17, 15) is 14.7 Å². The number of hydrogen-bond acceptors (Lipinski definition) is 2. The molecule has 92 valence electrons. The summed E-state index contributed by atoms with van der Waals surface area (Å²) in [5, 5.41) is 18.2. The third kappa shape index (κ3) is 2.46. The minimum Gasteiger partial charge on any atom is -0.478 e. The quantitative estimate of drug-likeness (QED) is 0.842. The van der Waals surface area contributed by atoms with Crippen LogP contribution in [0.25, 0.3) is 0 Å². The molecule has 0 heterocycles. The van der Waals surface area contributed by atoms with Crippen molar-refractivity contribution in [2.24, 2.45) is 0 Å². The highest BCUT2D eigenvalue weighted by molar-refractivity contribution is 6.03. The first-order valence-corrected chi connectivity index (χ1v) is 5.52. The molecule has 0 amide bonds. The first kappa shape index (κ1) is 13.2. The Kier molecular flexibility index (Phi) is 3.89. The van der Waals surface area contributed by atoms with Crippen molar-refractivity contribution in [1.82, 2.24) is 0 Å². The van der Waals surface area contributed by atoms with E-state index < -0.39 is 11.9 Å². The summed E-state index contributed by atoms with van der Waals surface area (Å²) in [6.45, 7) is 5.66. The van der Waals surface area contributed by atoms with E-state index in [0.29, 0.717) is 12.0 Å². The van der Waals surface area contributed by atoms with Crippen molar-refractivity contribution >= 4 is 11.9 Å². The molecule has 0 spiro atoms. The van der Waals surface area contributed by atoms with Crippen molar-refractivity contribution in [3.8, 4) is 0 Å². The Morgan fingerprint density at radius 1 is 1.18 bits per heavy atom. The van der Waals surface area contributed by atoms with Gasteiger partial charge in [-0.25, -0.2) is 9.59 Å². The second-order valence-corrected chi connectivity index (χ2v) is 4.18. The van der Waals surface area contributed by atoms with Gasteiger partial charge in [0.05, 0.1) is 11.1 Å². The predicted octanol–water partition coefficient (Wildman–Crippen LogP) is 2.77. The largest absolute Gasteiger partial charge is 0.478 e. The van der Waals surface area contributed by atoms with Gasteiger partial charge < -0.3 is 10.2 Å². The number of carbonyl (C=O) groups is 2. The van der Waals surface area contributed by atoms with E-state index in [0.717, 1.165) is 5.56 Å². The number of rotatable bonds is 4. The molecule has 2 N–H and O–H groups in total. The number of carboxylic acids is 2. The minimum absolute atomic E-state index is 0.0182. The molecule has 0 saturated heterocycles. The maximum Gasteiger partial charge on any atom is 0.336 e. The lowest BCUT2D eigenvalue weighted by molar-refractivity contribution is 0.0650. The maximum atomic E-state index is 11.3. The fraction of sp³-hybridized carbons (Fsp3) is 0.385. The van der Waals surface area contributed by atoms with Crippen LogP contribution >= 0.6 is 0 Å². The van der Waals surface area contributed by atoms with Crippen molar-refractivity contribution in [2.45, 2.75) is 33.1 Å². The smallest absolute Gasteiger partial charge is 0.336 e. The fourth-order valence-corrected chi connectivity index (χ4v) is 2.04. The van der Waals surface area contributed by atoms with Crippen LogP contribution in [0.3, 0.4) is 0 Å². The van der Waals surface area contributed by atoms with Crippen LogP contribution in [-0.2, 0) is 6.42 Å². The summed E-state index contributed by atoms with van der Waals surface area (Å²) < 4.78 is 0. The van der Waals surface area contributed by atoms with E-state index in [1.54, 1.807) is 6.07 Å². The van der Waals surface area contributed by atoms with Crippen LogP contribution in [0.2, 0.25) is 0 Å². The standard InChI is InChI=1S/C13H16O4/c1-4-8-5-6-9(12(14)15)11(13(16)17)10(8)7(2)3/h5-7H,4H2,1-3H3,(H,14,15)(H,16,17). The van der Waals surface area contributed by atoms with Crippen LogP contribution in [0.15, 0.2) is 12.1 Å². The van der Waals surface area contributed by atoms with Crippen molar-refractivity contribution in [3.05, 3.63) is 34.4 Å². The van der Waals surface area contributed by atoms with Crippen molar-refractivity contribution in [3.63, 3.8) is 0 Å². The lowest BCUT2D eigenvalue weighted by atomic mass is 9.88. The first-order chi connectivity index (χ1) is 7.90. The predicted molar refractivity (Wildman–Crippen MR) is 63.8 cm³/mol. The monoisotopic (exact) mass is 236 g/mol. The van der Waals surface area contributed by atoms with Gasteiger partial charge in [0.1, 0.15) is 0 Å². The van der Waals surface area contributed by atoms with E-state index in [4.69, 9.17) is 5.11 Å². The molecule has 0 atom stereocenters. The number of aryl methyl sites for hydroxylation is 1. The van der Waals surface area contributed by atoms with Crippen LogP contribution in [0.5, 0.6) is 0 Å². The molecule has 0 radical (unpaired) electrons. The summed E-state index contributed by atoms with van der Waals surface area (Å²) in [5.41, 5.74) is 1.30. The van der Waals surface area contributed by atoms with Gasteiger partial charge in [0.25, 0.3) is 0 Å². The van der Waals surface area contributed by atoms with Crippen LogP contribution in [0, 0.1) is 0 Å². The summed E-state index contributed by atoms with van der Waals surface area (Å²) in [4.78, 5) is 22.3. The Balaban J connectivity index is 3.65. The molecule has 0 unspecified atom stereocenters. The molecule has 17 heavy (non-hydrogen) atoms. The lowest BCUT2D eigenvalue weighted by Crippen LogP contribution is -2.14. The zero-order valence-corrected chi connectivity index (χ0v) is 10.2. The van der Waals surface area contributed by atoms with Gasteiger partial charge in [0.2, 0.25) is 0 Å². The van der Waals surface area contributed by atoms with Gasteiger partial charge in [-0.3, -0.25) is 0 Å². The number of carboxylic acid groups (broad SMARTS) is 2. The fourth-order valence-electron chi connectivity index (χ4n) is 2.04. The molecule has 1 aromatic carbocycles. The number of hydrogen-bond donors (Lipinski definition) is 2. The summed E-state index contributed by atoms with van der Waals surface area (Å²) in [7, 11) is 0. The van der Waals surface area contributed by atoms with Crippen LogP contribution in [0.1, 0.15) is 58.5 Å². The van der Waals surface area contributed by atoms with E-state index in [1.807, 2.05) is 20.8 Å². The summed E-state index contributed by atoms with van der Waals surface area (Å²) in [6, 6.07) is 3.07. The Morgan fingerprint density at radius 3 is 2.12 bits per heavy atom. The molecule has 0 fully saturated rings. The first-order valence-electron chi connectivity index (χ1n) is 5.52. The van der Waals surface area contributed by atoms with Crippen molar-refractivity contribution in [1.29, 1.82) is 0 Å². The van der Waals surface area contributed by atoms with E-state index >= 15 is 0 Å². The Hall–Kier alpha value is -1.84. The van der Waals surface area contributed by atoms with Crippen LogP contribution in [0.4, 0.5) is 0 Å². The van der Waals surface area contributed by atoms with E-state index in [2.05, 4.69) is 0 Å². The maximum absolute atomic E-state index is 11.3. The van der Waals surface area contributed by atoms with Gasteiger partial charge in [-0.1, -0.05) is 26.8 Å². The molecule has 0 aromatic heterocycles. The number of aromatic carboxylic acids is 2. The molecule has 4 heteroatoms. The third-order valence-corrected chi connectivity index (χ3v) is 2.74. The second kappa shape index (κ2) is 4.99. The molecule has 0 aliphatic carbocycles. The number of benzene rings is 1. The van der Waals surface area contributed by atoms with Gasteiger partial charge in [-0.05, 0) is 29.5 Å². The molecule has 0 saturated carbocycles. The highest BCUT2D eigenvalue weighted by Gasteiger charge is 2.23.